The molecule has 13 heteroatoms. The molecule has 38 heavy (non-hydrogen) atoms. The molecule has 0 aliphatic rings. The third-order valence-corrected chi connectivity index (χ3v) is 6.14. The molecule has 196 valence electrons. The van der Waals surface area contributed by atoms with Gasteiger partial charge in [0.05, 0.1) is 23.4 Å². The van der Waals surface area contributed by atoms with Gasteiger partial charge in [0.2, 0.25) is 0 Å². The fourth-order valence-electron chi connectivity index (χ4n) is 3.77. The largest absolute Gasteiger partial charge is 0.507 e. The summed E-state index contributed by atoms with van der Waals surface area (Å²) in [6, 6.07) is 10.1. The minimum Gasteiger partial charge on any atom is -0.507 e. The van der Waals surface area contributed by atoms with Crippen molar-refractivity contribution < 1.29 is 40.3 Å². The molecule has 2 heterocycles. The molecule has 0 bridgehead atoms. The molecule has 2 aromatic carbocycles. The number of pyridine rings is 1. The average molecular weight is 554 g/mol. The Bertz CT molecular complexity index is 1650. The average Bonchev–Trinajstić information content (AvgIpc) is 3.30. The second-order valence-corrected chi connectivity index (χ2v) is 8.68. The van der Waals surface area contributed by atoms with E-state index in [0.29, 0.717) is 23.0 Å². The molecule has 0 aliphatic carbocycles. The monoisotopic (exact) mass is 554 g/mol. The summed E-state index contributed by atoms with van der Waals surface area (Å²) >= 11 is 0. The highest BCUT2D eigenvalue weighted by atomic mass is 31.0. The van der Waals surface area contributed by atoms with Gasteiger partial charge >= 0.3 is 12.4 Å². The van der Waals surface area contributed by atoms with Crippen LogP contribution in [-0.2, 0) is 18.9 Å². The minimum atomic E-state index is -5.09. The van der Waals surface area contributed by atoms with E-state index in [1.807, 2.05) is 0 Å². The molecule has 0 aliphatic heterocycles. The lowest BCUT2D eigenvalue weighted by Crippen LogP contribution is -2.29. The number of furan rings is 1. The number of hydrogen-bond donors (Lipinski definition) is 1. The second kappa shape index (κ2) is 9.65. The van der Waals surface area contributed by atoms with Gasteiger partial charge in [-0.25, -0.2) is 4.39 Å². The topological polar surface area (TPSA) is 79.2 Å². The van der Waals surface area contributed by atoms with Crippen LogP contribution >= 0.6 is 9.24 Å². The highest BCUT2D eigenvalue weighted by molar-refractivity contribution is 7.27. The van der Waals surface area contributed by atoms with E-state index in [4.69, 9.17) is 4.42 Å². The van der Waals surface area contributed by atoms with Crippen molar-refractivity contribution in [2.75, 3.05) is 0 Å². The van der Waals surface area contributed by atoms with Crippen molar-refractivity contribution in [3.05, 3.63) is 93.0 Å². The Labute approximate surface area is 211 Å². The predicted molar refractivity (Wildman–Crippen MR) is 125 cm³/mol. The van der Waals surface area contributed by atoms with Crippen LogP contribution in [0.3, 0.4) is 0 Å². The van der Waals surface area contributed by atoms with Gasteiger partial charge in [0.25, 0.3) is 5.56 Å². The number of rotatable bonds is 4. The van der Waals surface area contributed by atoms with Crippen LogP contribution in [-0.4, -0.2) is 9.67 Å². The number of phenols is 1. The molecule has 0 saturated heterocycles. The molecule has 5 nitrogen and oxygen atoms in total. The number of aromatic hydroxyl groups is 1. The summed E-state index contributed by atoms with van der Waals surface area (Å²) in [6.45, 7) is -0.381. The van der Waals surface area contributed by atoms with E-state index in [2.05, 4.69) is 9.24 Å². The van der Waals surface area contributed by atoms with Crippen molar-refractivity contribution in [3.63, 3.8) is 0 Å². The zero-order chi connectivity index (χ0) is 28.0. The first-order chi connectivity index (χ1) is 17.7. The molecule has 0 radical (unpaired) electrons. The smallest absolute Gasteiger partial charge is 0.419 e. The van der Waals surface area contributed by atoms with Gasteiger partial charge in [0, 0.05) is 5.56 Å². The maximum absolute atomic E-state index is 13.7. The van der Waals surface area contributed by atoms with Gasteiger partial charge in [-0.1, -0.05) is 6.07 Å². The summed E-state index contributed by atoms with van der Waals surface area (Å²) in [5.74, 6) is -2.15. The lowest BCUT2D eigenvalue weighted by atomic mass is 10.1. The standard InChI is InChI=1S/C25H14F7N2O3P/c26-14-3-1-13(22(38)8-14)11-34-18(9-16(24(27,28)29)15(10-33)23(34)36)21-6-5-20(37-21)12-2-4-19(35)17(7-12)25(30,31)32/h1-9,35H,11,38H2. The van der Waals surface area contributed by atoms with Crippen LogP contribution in [0.5, 0.6) is 5.75 Å². The van der Waals surface area contributed by atoms with Crippen LogP contribution in [0, 0.1) is 17.1 Å². The van der Waals surface area contributed by atoms with Crippen LogP contribution in [0.1, 0.15) is 22.3 Å². The van der Waals surface area contributed by atoms with Gasteiger partial charge in [-0.05, 0) is 59.4 Å². The van der Waals surface area contributed by atoms with E-state index in [0.717, 1.165) is 34.9 Å². The molecule has 4 aromatic rings. The minimum absolute atomic E-state index is 0.147. The number of benzene rings is 2. The summed E-state index contributed by atoms with van der Waals surface area (Å²) in [4.78, 5) is 13.1. The summed E-state index contributed by atoms with van der Waals surface area (Å²) < 4.78 is 101. The third-order valence-electron chi connectivity index (χ3n) is 5.60. The highest BCUT2D eigenvalue weighted by Crippen LogP contribution is 2.40. The van der Waals surface area contributed by atoms with Crippen LogP contribution in [0.15, 0.2) is 63.8 Å². The molecule has 2 aromatic heterocycles. The number of hydrogen-bond acceptors (Lipinski definition) is 4. The van der Waals surface area contributed by atoms with Gasteiger partial charge in [-0.2, -0.15) is 31.6 Å². The van der Waals surface area contributed by atoms with Crippen molar-refractivity contribution in [2.24, 2.45) is 0 Å². The SMILES string of the molecule is N#Cc1c(C(F)(F)F)cc(-c2ccc(-c3ccc(O)c(C(F)(F)F)c3)o2)n(Cc2ccc(F)cc2P)c1=O. The zero-order valence-corrected chi connectivity index (χ0v) is 19.9. The van der Waals surface area contributed by atoms with E-state index < -0.39 is 51.9 Å². The molecule has 1 atom stereocenters. The number of halogens is 7. The first kappa shape index (κ1) is 26.9. The van der Waals surface area contributed by atoms with Crippen LogP contribution in [0.2, 0.25) is 0 Å². The van der Waals surface area contributed by atoms with Crippen molar-refractivity contribution in [3.8, 4) is 34.6 Å². The summed E-state index contributed by atoms with van der Waals surface area (Å²) in [5.41, 5.74) is -5.59. The Morgan fingerprint density at radius 3 is 2.18 bits per heavy atom. The highest BCUT2D eigenvalue weighted by Gasteiger charge is 2.37. The summed E-state index contributed by atoms with van der Waals surface area (Å²) in [6.07, 6.45) is -9.98. The maximum atomic E-state index is 13.7. The molecule has 1 N–H and O–H groups in total. The summed E-state index contributed by atoms with van der Waals surface area (Å²) in [5, 5.41) is 19.2. The number of nitriles is 1. The molecular weight excluding hydrogens is 540 g/mol. The fourth-order valence-corrected chi connectivity index (χ4v) is 4.11. The zero-order valence-electron chi connectivity index (χ0n) is 18.8. The van der Waals surface area contributed by atoms with Gasteiger partial charge in [0.1, 0.15) is 29.0 Å². The number of aromatic nitrogens is 1. The maximum Gasteiger partial charge on any atom is 0.419 e. The van der Waals surface area contributed by atoms with Crippen molar-refractivity contribution >= 4 is 14.5 Å². The Hall–Kier alpha value is -4.10. The van der Waals surface area contributed by atoms with E-state index in [1.165, 1.54) is 18.2 Å². The predicted octanol–water partition coefficient (Wildman–Crippen LogP) is 6.08. The Morgan fingerprint density at radius 2 is 1.58 bits per heavy atom. The Morgan fingerprint density at radius 1 is 0.921 bits per heavy atom. The van der Waals surface area contributed by atoms with Crippen molar-refractivity contribution in [2.45, 2.75) is 18.9 Å². The van der Waals surface area contributed by atoms with E-state index in [9.17, 15) is 45.9 Å². The third kappa shape index (κ3) is 5.15. The molecular formula is C25H14F7N2O3P. The van der Waals surface area contributed by atoms with Crippen LogP contribution in [0.25, 0.3) is 22.8 Å². The molecule has 0 spiro atoms. The number of phenolic OH excluding ortho intramolecular Hbond substituents is 1. The molecule has 4 rings (SSSR count). The Kier molecular flexibility index (Phi) is 6.84. The molecule has 0 amide bonds. The lowest BCUT2D eigenvalue weighted by molar-refractivity contribution is -0.139. The normalized spacial score (nSPS) is 12.0. The van der Waals surface area contributed by atoms with E-state index in [-0.39, 0.29) is 23.6 Å². The van der Waals surface area contributed by atoms with Crippen molar-refractivity contribution in [1.29, 1.82) is 5.26 Å². The van der Waals surface area contributed by atoms with Crippen LogP contribution < -0.4 is 10.9 Å². The molecule has 0 fully saturated rings. The quantitative estimate of drug-likeness (QED) is 0.245. The molecule has 0 saturated carbocycles. The van der Waals surface area contributed by atoms with Gasteiger partial charge in [-0.15, -0.1) is 9.24 Å². The van der Waals surface area contributed by atoms with Gasteiger partial charge in [0.15, 0.2) is 5.76 Å². The second-order valence-electron chi connectivity index (χ2n) is 8.06. The number of nitrogens with zero attached hydrogens (tertiary/aromatic N) is 2. The van der Waals surface area contributed by atoms with Gasteiger partial charge in [-0.3, -0.25) is 9.36 Å². The first-order valence-electron chi connectivity index (χ1n) is 10.5. The summed E-state index contributed by atoms with van der Waals surface area (Å²) in [7, 11) is 2.23. The fraction of sp³-hybridized carbons (Fsp3) is 0.120. The van der Waals surface area contributed by atoms with E-state index >= 15 is 0 Å². The Balaban J connectivity index is 1.92. The van der Waals surface area contributed by atoms with Gasteiger partial charge < -0.3 is 9.52 Å². The molecule has 1 unspecified atom stereocenters. The first-order valence-corrected chi connectivity index (χ1v) is 11.1. The number of alkyl halides is 6. The van der Waals surface area contributed by atoms with E-state index in [1.54, 1.807) is 0 Å². The van der Waals surface area contributed by atoms with Crippen LogP contribution in [0.4, 0.5) is 30.7 Å². The van der Waals surface area contributed by atoms with Crippen molar-refractivity contribution in [1.82, 2.24) is 4.57 Å². The lowest BCUT2D eigenvalue weighted by Gasteiger charge is -2.17.